The van der Waals surface area contributed by atoms with Crippen molar-refractivity contribution in [2.45, 2.75) is 32.4 Å². The maximum absolute atomic E-state index is 13.1. The van der Waals surface area contributed by atoms with Crippen molar-refractivity contribution >= 4 is 11.6 Å². The zero-order valence-corrected chi connectivity index (χ0v) is 23.7. The van der Waals surface area contributed by atoms with Crippen LogP contribution in [0.15, 0.2) is 73.1 Å². The zero-order valence-electron chi connectivity index (χ0n) is 23.7. The van der Waals surface area contributed by atoms with Gasteiger partial charge in [-0.2, -0.15) is 13.2 Å². The number of carbonyl (C=O) groups excluding carboxylic acids is 1. The highest BCUT2D eigenvalue weighted by atomic mass is 19.4. The fourth-order valence-corrected chi connectivity index (χ4v) is 4.77. The maximum atomic E-state index is 13.1. The fraction of sp³-hybridized carbons (Fsp3) is 0.312. The minimum atomic E-state index is -4.54. The van der Waals surface area contributed by atoms with Crippen molar-refractivity contribution in [3.05, 3.63) is 95.6 Å². The quantitative estimate of drug-likeness (QED) is 0.209. The summed E-state index contributed by atoms with van der Waals surface area (Å²) in [6, 6.07) is 14.8. The largest absolute Gasteiger partial charge is 0.438 e. The SMILES string of the molecule is Cc1cc(NC(=O)c2cccc(C(F)(F)F)c2)ccc1Oc1ncccc1-c1ccnc(CCCCN2CCOCC2)n1. The molecule has 1 saturated heterocycles. The van der Waals surface area contributed by atoms with E-state index >= 15 is 0 Å². The van der Waals surface area contributed by atoms with E-state index in [4.69, 9.17) is 14.5 Å². The average Bonchev–Trinajstić information content (AvgIpc) is 3.01. The molecule has 2 aromatic carbocycles. The number of amides is 1. The van der Waals surface area contributed by atoms with Crippen molar-refractivity contribution in [3.63, 3.8) is 0 Å². The average molecular weight is 592 g/mol. The monoisotopic (exact) mass is 591 g/mol. The second-order valence-corrected chi connectivity index (χ2v) is 10.2. The molecule has 0 unspecified atom stereocenters. The third-order valence-corrected chi connectivity index (χ3v) is 7.07. The van der Waals surface area contributed by atoms with Crippen molar-refractivity contribution in [1.29, 1.82) is 0 Å². The first-order valence-corrected chi connectivity index (χ1v) is 14.1. The number of nitrogens with zero attached hydrogens (tertiary/aromatic N) is 4. The number of aromatic nitrogens is 3. The fourth-order valence-electron chi connectivity index (χ4n) is 4.77. The molecule has 0 radical (unpaired) electrons. The molecular weight excluding hydrogens is 559 g/mol. The maximum Gasteiger partial charge on any atom is 0.416 e. The van der Waals surface area contributed by atoms with Gasteiger partial charge in [-0.1, -0.05) is 6.07 Å². The lowest BCUT2D eigenvalue weighted by atomic mass is 10.1. The van der Waals surface area contributed by atoms with Gasteiger partial charge < -0.3 is 14.8 Å². The van der Waals surface area contributed by atoms with Crippen LogP contribution in [0, 0.1) is 6.92 Å². The smallest absolute Gasteiger partial charge is 0.416 e. The van der Waals surface area contributed by atoms with Gasteiger partial charge in [-0.3, -0.25) is 9.69 Å². The normalized spacial score (nSPS) is 14.0. The Morgan fingerprint density at radius 2 is 1.84 bits per heavy atom. The minimum absolute atomic E-state index is 0.0905. The minimum Gasteiger partial charge on any atom is -0.438 e. The van der Waals surface area contributed by atoms with Gasteiger partial charge in [0.1, 0.15) is 11.6 Å². The predicted octanol–water partition coefficient (Wildman–Crippen LogP) is 6.57. The van der Waals surface area contributed by atoms with Crippen LogP contribution in [0.3, 0.4) is 0 Å². The van der Waals surface area contributed by atoms with E-state index in [0.29, 0.717) is 34.1 Å². The molecule has 1 amide bonds. The van der Waals surface area contributed by atoms with Gasteiger partial charge >= 0.3 is 6.18 Å². The molecule has 1 fully saturated rings. The number of anilines is 1. The summed E-state index contributed by atoms with van der Waals surface area (Å²) in [5.41, 5.74) is 1.55. The molecule has 1 N–H and O–H groups in total. The first kappa shape index (κ1) is 30.1. The van der Waals surface area contributed by atoms with Gasteiger partial charge in [-0.25, -0.2) is 15.0 Å². The topological polar surface area (TPSA) is 89.5 Å². The first-order chi connectivity index (χ1) is 20.8. The highest BCUT2D eigenvalue weighted by Gasteiger charge is 2.31. The predicted molar refractivity (Wildman–Crippen MR) is 156 cm³/mol. The van der Waals surface area contributed by atoms with Crippen molar-refractivity contribution in [2.75, 3.05) is 38.2 Å². The molecule has 0 bridgehead atoms. The first-order valence-electron chi connectivity index (χ1n) is 14.1. The number of alkyl halides is 3. The van der Waals surface area contributed by atoms with Crippen LogP contribution in [0.25, 0.3) is 11.3 Å². The van der Waals surface area contributed by atoms with E-state index < -0.39 is 17.6 Å². The van der Waals surface area contributed by atoms with Gasteiger partial charge in [0.05, 0.1) is 30.0 Å². The standard InChI is InChI=1S/C32H32F3N5O3/c1-22-20-25(38-30(41)23-6-4-7-24(21-23)32(33,34)35)10-11-28(22)43-31-26(8-5-13-37-31)27-12-14-36-29(39-27)9-2-3-15-40-16-18-42-19-17-40/h4-8,10-14,20-21H,2-3,9,15-19H2,1H3,(H,38,41). The van der Waals surface area contributed by atoms with Gasteiger partial charge in [-0.15, -0.1) is 0 Å². The van der Waals surface area contributed by atoms with Gasteiger partial charge in [0.25, 0.3) is 5.91 Å². The molecule has 0 spiro atoms. The van der Waals surface area contributed by atoms with Gasteiger partial charge in [0.15, 0.2) is 0 Å². The highest BCUT2D eigenvalue weighted by Crippen LogP contribution is 2.33. The summed E-state index contributed by atoms with van der Waals surface area (Å²) in [6.07, 6.45) is 1.64. The number of ether oxygens (including phenoxy) is 2. The molecule has 0 saturated carbocycles. The molecule has 43 heavy (non-hydrogen) atoms. The molecule has 5 rings (SSSR count). The Kier molecular flexibility index (Phi) is 9.63. The van der Waals surface area contributed by atoms with Crippen molar-refractivity contribution in [3.8, 4) is 22.9 Å². The van der Waals surface area contributed by atoms with Gasteiger partial charge in [0, 0.05) is 43.2 Å². The summed E-state index contributed by atoms with van der Waals surface area (Å²) in [6.45, 7) is 6.39. The lowest BCUT2D eigenvalue weighted by molar-refractivity contribution is -0.137. The lowest BCUT2D eigenvalue weighted by Gasteiger charge is -2.26. The third kappa shape index (κ3) is 8.14. The van der Waals surface area contributed by atoms with Crippen LogP contribution in [0.5, 0.6) is 11.6 Å². The Morgan fingerprint density at radius 3 is 2.63 bits per heavy atom. The molecule has 0 atom stereocenters. The number of hydrogen-bond donors (Lipinski definition) is 1. The number of rotatable bonds is 10. The van der Waals surface area contributed by atoms with Crippen LogP contribution >= 0.6 is 0 Å². The Morgan fingerprint density at radius 1 is 1.00 bits per heavy atom. The molecule has 1 aliphatic rings. The molecular formula is C32H32F3N5O3. The summed E-state index contributed by atoms with van der Waals surface area (Å²) in [4.78, 5) is 28.7. The number of halogens is 3. The Bertz CT molecular complexity index is 1560. The van der Waals surface area contributed by atoms with E-state index in [1.54, 1.807) is 37.5 Å². The number of carbonyl (C=O) groups is 1. The molecule has 224 valence electrons. The molecule has 1 aliphatic heterocycles. The lowest BCUT2D eigenvalue weighted by Crippen LogP contribution is -2.36. The molecule has 8 nitrogen and oxygen atoms in total. The number of morpholine rings is 1. The van der Waals surface area contributed by atoms with Crippen LogP contribution in [0.4, 0.5) is 18.9 Å². The van der Waals surface area contributed by atoms with E-state index in [1.807, 2.05) is 18.2 Å². The number of aryl methyl sites for hydroxylation is 2. The van der Waals surface area contributed by atoms with Gasteiger partial charge in [0.2, 0.25) is 5.88 Å². The molecule has 3 heterocycles. The highest BCUT2D eigenvalue weighted by molar-refractivity contribution is 6.04. The number of pyridine rings is 1. The number of hydrogen-bond acceptors (Lipinski definition) is 7. The van der Waals surface area contributed by atoms with E-state index in [1.165, 1.54) is 12.1 Å². The van der Waals surface area contributed by atoms with Crippen LogP contribution < -0.4 is 10.1 Å². The summed E-state index contributed by atoms with van der Waals surface area (Å²) in [5, 5.41) is 2.65. The number of benzene rings is 2. The van der Waals surface area contributed by atoms with Crippen LogP contribution in [0.1, 0.15) is 40.2 Å². The van der Waals surface area contributed by atoms with E-state index in [-0.39, 0.29) is 5.56 Å². The molecule has 11 heteroatoms. The Balaban J connectivity index is 1.23. The van der Waals surface area contributed by atoms with Crippen molar-refractivity contribution in [1.82, 2.24) is 19.9 Å². The van der Waals surface area contributed by atoms with E-state index in [2.05, 4.69) is 20.2 Å². The van der Waals surface area contributed by atoms with E-state index in [0.717, 1.165) is 70.1 Å². The van der Waals surface area contributed by atoms with Crippen LogP contribution in [-0.4, -0.2) is 58.6 Å². The summed E-state index contributed by atoms with van der Waals surface area (Å²) in [7, 11) is 0. The Hall–Kier alpha value is -4.35. The summed E-state index contributed by atoms with van der Waals surface area (Å²) in [5.74, 6) is 0.982. The van der Waals surface area contributed by atoms with Crippen LogP contribution in [0.2, 0.25) is 0 Å². The Labute approximate surface area is 247 Å². The number of unbranched alkanes of at least 4 members (excludes halogenated alkanes) is 1. The zero-order chi connectivity index (χ0) is 30.2. The van der Waals surface area contributed by atoms with Gasteiger partial charge in [-0.05, 0) is 86.5 Å². The summed E-state index contributed by atoms with van der Waals surface area (Å²) < 4.78 is 50.7. The second kappa shape index (κ2) is 13.7. The summed E-state index contributed by atoms with van der Waals surface area (Å²) >= 11 is 0. The third-order valence-electron chi connectivity index (χ3n) is 7.07. The number of nitrogens with one attached hydrogen (secondary N) is 1. The molecule has 2 aromatic heterocycles. The van der Waals surface area contributed by atoms with E-state index in [9.17, 15) is 18.0 Å². The molecule has 4 aromatic rings. The van der Waals surface area contributed by atoms with Crippen molar-refractivity contribution in [2.24, 2.45) is 0 Å². The second-order valence-electron chi connectivity index (χ2n) is 10.2. The molecule has 0 aliphatic carbocycles. The van der Waals surface area contributed by atoms with Crippen LogP contribution in [-0.2, 0) is 17.3 Å². The van der Waals surface area contributed by atoms with Crippen molar-refractivity contribution < 1.29 is 27.4 Å².